The third kappa shape index (κ3) is 2.88. The molecule has 0 saturated heterocycles. The standard InChI is InChI=1S/C22H27N5O2S/c1-21(2,28)20-27-26-19(30-20)15-10-24-18-14(3-4-23-18)17(15)25-16-12-5-11-6-13(16)9-22(29,7-11)8-12/h3-4,10-13,16,28-29H,5-9H2,1-2H3,(H2,23,24,25)/t11?,12-,13+,16?,22?. The summed E-state index contributed by atoms with van der Waals surface area (Å²) < 4.78 is 0. The minimum Gasteiger partial charge on any atom is -0.390 e. The second kappa shape index (κ2) is 6.24. The molecule has 4 N–H and O–H groups in total. The van der Waals surface area contributed by atoms with Crippen LogP contribution in [0.5, 0.6) is 0 Å². The predicted octanol–water partition coefficient (Wildman–Crippen LogP) is 3.66. The first-order chi connectivity index (χ1) is 14.3. The molecule has 7 rings (SSSR count). The largest absolute Gasteiger partial charge is 0.390 e. The highest BCUT2D eigenvalue weighted by Crippen LogP contribution is 2.56. The zero-order valence-corrected chi connectivity index (χ0v) is 18.0. The van der Waals surface area contributed by atoms with E-state index in [1.807, 2.05) is 12.4 Å². The Hall–Kier alpha value is -2.03. The van der Waals surface area contributed by atoms with E-state index in [4.69, 9.17) is 0 Å². The number of hydrogen-bond acceptors (Lipinski definition) is 7. The van der Waals surface area contributed by atoms with Crippen LogP contribution in [0.1, 0.15) is 51.0 Å². The second-order valence-corrected chi connectivity index (χ2v) is 11.1. The lowest BCUT2D eigenvalue weighted by Gasteiger charge is -2.58. The van der Waals surface area contributed by atoms with E-state index in [0.29, 0.717) is 28.8 Å². The zero-order chi connectivity index (χ0) is 20.7. The number of hydrogen-bond donors (Lipinski definition) is 4. The van der Waals surface area contributed by atoms with Crippen LogP contribution in [0.15, 0.2) is 18.5 Å². The Morgan fingerprint density at radius 1 is 1.20 bits per heavy atom. The van der Waals surface area contributed by atoms with Crippen LogP contribution in [-0.4, -0.2) is 42.0 Å². The number of H-pyrrole nitrogens is 1. The molecule has 3 unspecified atom stereocenters. The third-order valence-corrected chi connectivity index (χ3v) is 8.59. The Morgan fingerprint density at radius 3 is 2.63 bits per heavy atom. The minimum absolute atomic E-state index is 0.350. The number of rotatable bonds is 4. The molecule has 0 radical (unpaired) electrons. The number of aromatic nitrogens is 4. The van der Waals surface area contributed by atoms with E-state index < -0.39 is 11.2 Å². The maximum absolute atomic E-state index is 11.0. The van der Waals surface area contributed by atoms with Crippen molar-refractivity contribution in [2.45, 2.75) is 63.2 Å². The van der Waals surface area contributed by atoms with E-state index in [9.17, 15) is 10.2 Å². The highest BCUT2D eigenvalue weighted by atomic mass is 32.1. The molecule has 3 aromatic rings. The van der Waals surface area contributed by atoms with Crippen molar-refractivity contribution < 1.29 is 10.2 Å². The van der Waals surface area contributed by atoms with Crippen LogP contribution in [0.2, 0.25) is 0 Å². The van der Waals surface area contributed by atoms with Gasteiger partial charge in [-0.1, -0.05) is 11.3 Å². The lowest BCUT2D eigenvalue weighted by atomic mass is 9.52. The summed E-state index contributed by atoms with van der Waals surface area (Å²) in [6.45, 7) is 3.45. The number of nitrogens with one attached hydrogen (secondary N) is 2. The molecule has 158 valence electrons. The average molecular weight is 426 g/mol. The fraction of sp³-hybridized carbons (Fsp3) is 0.591. The molecular formula is C22H27N5O2S. The summed E-state index contributed by atoms with van der Waals surface area (Å²) in [7, 11) is 0. The van der Waals surface area contributed by atoms with Crippen LogP contribution in [0.25, 0.3) is 21.6 Å². The van der Waals surface area contributed by atoms with Crippen molar-refractivity contribution in [1.82, 2.24) is 20.2 Å². The molecule has 4 fully saturated rings. The van der Waals surface area contributed by atoms with Crippen molar-refractivity contribution in [3.8, 4) is 10.6 Å². The first-order valence-corrected chi connectivity index (χ1v) is 11.6. The highest BCUT2D eigenvalue weighted by Gasteiger charge is 2.54. The molecule has 0 aromatic carbocycles. The van der Waals surface area contributed by atoms with Gasteiger partial charge in [0.15, 0.2) is 5.01 Å². The van der Waals surface area contributed by atoms with Gasteiger partial charge in [-0.25, -0.2) is 4.98 Å². The molecule has 0 spiro atoms. The van der Waals surface area contributed by atoms with Gasteiger partial charge in [0.2, 0.25) is 0 Å². The normalized spacial score (nSPS) is 32.8. The van der Waals surface area contributed by atoms with Crippen LogP contribution in [-0.2, 0) is 5.60 Å². The van der Waals surface area contributed by atoms with Gasteiger partial charge in [0.1, 0.15) is 16.3 Å². The predicted molar refractivity (Wildman–Crippen MR) is 116 cm³/mol. The molecule has 8 heteroatoms. The molecule has 4 aliphatic rings. The van der Waals surface area contributed by atoms with Crippen LogP contribution in [0, 0.1) is 17.8 Å². The average Bonchev–Trinajstić information content (AvgIpc) is 3.32. The first-order valence-electron chi connectivity index (χ1n) is 10.8. The van der Waals surface area contributed by atoms with Gasteiger partial charge in [-0.2, -0.15) is 0 Å². The SMILES string of the molecule is CC(C)(O)c1nnc(-c2cnc3[nH]ccc3c2NC2[C@@H]3CC4C[C@H]2CC(O)(C4)C3)s1. The van der Waals surface area contributed by atoms with Crippen LogP contribution >= 0.6 is 11.3 Å². The maximum Gasteiger partial charge on any atom is 0.151 e. The number of anilines is 1. The quantitative estimate of drug-likeness (QED) is 0.508. The van der Waals surface area contributed by atoms with Crippen molar-refractivity contribution in [2.75, 3.05) is 5.32 Å². The fourth-order valence-corrected chi connectivity index (χ4v) is 7.15. The summed E-state index contributed by atoms with van der Waals surface area (Å²) in [5.41, 5.74) is 1.33. The van der Waals surface area contributed by atoms with E-state index in [2.05, 4.69) is 31.5 Å². The van der Waals surface area contributed by atoms with Crippen LogP contribution < -0.4 is 5.32 Å². The topological polar surface area (TPSA) is 107 Å². The molecule has 5 atom stereocenters. The summed E-state index contributed by atoms with van der Waals surface area (Å²) in [5.74, 6) is 1.67. The highest BCUT2D eigenvalue weighted by molar-refractivity contribution is 7.14. The van der Waals surface area contributed by atoms with Crippen LogP contribution in [0.4, 0.5) is 5.69 Å². The molecule has 0 amide bonds. The molecule has 4 bridgehead atoms. The van der Waals surface area contributed by atoms with E-state index in [1.165, 1.54) is 24.2 Å². The third-order valence-electron chi connectivity index (χ3n) is 7.32. The van der Waals surface area contributed by atoms with Gasteiger partial charge in [0.25, 0.3) is 0 Å². The van der Waals surface area contributed by atoms with Gasteiger partial charge in [0.05, 0.1) is 16.9 Å². The van der Waals surface area contributed by atoms with E-state index in [1.54, 1.807) is 13.8 Å². The smallest absolute Gasteiger partial charge is 0.151 e. The number of nitrogens with zero attached hydrogens (tertiary/aromatic N) is 3. The Balaban J connectivity index is 1.41. The van der Waals surface area contributed by atoms with Gasteiger partial charge in [-0.15, -0.1) is 10.2 Å². The van der Waals surface area contributed by atoms with Crippen molar-refractivity contribution in [2.24, 2.45) is 17.8 Å². The molecule has 3 aromatic heterocycles. The molecule has 4 saturated carbocycles. The Kier molecular flexibility index (Phi) is 3.90. The van der Waals surface area contributed by atoms with Crippen molar-refractivity contribution >= 4 is 28.1 Å². The van der Waals surface area contributed by atoms with Gasteiger partial charge in [-0.3, -0.25) is 0 Å². The number of fused-ring (bicyclic) bond motifs is 1. The second-order valence-electron chi connectivity index (χ2n) is 10.1. The molecular weight excluding hydrogens is 398 g/mol. The molecule has 30 heavy (non-hydrogen) atoms. The molecule has 0 aliphatic heterocycles. The monoisotopic (exact) mass is 425 g/mol. The van der Waals surface area contributed by atoms with Gasteiger partial charge >= 0.3 is 0 Å². The summed E-state index contributed by atoms with van der Waals surface area (Å²) >= 11 is 1.41. The van der Waals surface area contributed by atoms with Crippen molar-refractivity contribution in [3.05, 3.63) is 23.5 Å². The molecule has 3 heterocycles. The summed E-state index contributed by atoms with van der Waals surface area (Å²) in [6, 6.07) is 2.40. The summed E-state index contributed by atoms with van der Waals surface area (Å²) in [6.07, 6.45) is 8.95. The Bertz CT molecular complexity index is 1100. The van der Waals surface area contributed by atoms with Gasteiger partial charge < -0.3 is 20.5 Å². The number of aliphatic hydroxyl groups is 2. The molecule has 7 nitrogen and oxygen atoms in total. The fourth-order valence-electron chi connectivity index (χ4n) is 6.29. The van der Waals surface area contributed by atoms with Gasteiger partial charge in [-0.05, 0) is 69.8 Å². The Morgan fingerprint density at radius 2 is 1.97 bits per heavy atom. The van der Waals surface area contributed by atoms with E-state index in [0.717, 1.165) is 46.6 Å². The van der Waals surface area contributed by atoms with Crippen LogP contribution in [0.3, 0.4) is 0 Å². The lowest BCUT2D eigenvalue weighted by molar-refractivity contribution is -0.129. The minimum atomic E-state index is -1.02. The first kappa shape index (κ1) is 18.7. The number of aromatic amines is 1. The summed E-state index contributed by atoms with van der Waals surface area (Å²) in [4.78, 5) is 7.80. The van der Waals surface area contributed by atoms with Gasteiger partial charge in [0, 0.05) is 23.8 Å². The Labute approximate surface area is 179 Å². The van der Waals surface area contributed by atoms with E-state index in [-0.39, 0.29) is 0 Å². The number of pyridine rings is 1. The zero-order valence-electron chi connectivity index (χ0n) is 17.2. The summed E-state index contributed by atoms with van der Waals surface area (Å²) in [5, 5.41) is 36.2. The lowest BCUT2D eigenvalue weighted by Crippen LogP contribution is -2.59. The maximum atomic E-state index is 11.0. The molecule has 4 aliphatic carbocycles. The van der Waals surface area contributed by atoms with E-state index >= 15 is 0 Å². The van der Waals surface area contributed by atoms with Crippen molar-refractivity contribution in [3.63, 3.8) is 0 Å². The van der Waals surface area contributed by atoms with Crippen molar-refractivity contribution in [1.29, 1.82) is 0 Å².